The van der Waals surface area contributed by atoms with Gasteiger partial charge in [0.2, 0.25) is 0 Å². The lowest BCUT2D eigenvalue weighted by atomic mass is 9.88. The van der Waals surface area contributed by atoms with E-state index in [1.165, 1.54) is 23.3 Å². The number of rotatable bonds is 8. The van der Waals surface area contributed by atoms with Gasteiger partial charge < -0.3 is 20.1 Å². The molecule has 8 heteroatoms. The number of carbonyl (C=O) groups is 1. The van der Waals surface area contributed by atoms with Crippen LogP contribution in [0.15, 0.2) is 48.7 Å². The van der Waals surface area contributed by atoms with E-state index in [4.69, 9.17) is 9.47 Å². The number of fused-ring (bicyclic) bond motifs is 2. The Bertz CT molecular complexity index is 1280. The molecule has 0 bridgehead atoms. The molecule has 2 aromatic carbocycles. The minimum atomic E-state index is -0.244. The van der Waals surface area contributed by atoms with Crippen LogP contribution in [-0.2, 0) is 25.7 Å². The van der Waals surface area contributed by atoms with Crippen LogP contribution >= 0.6 is 0 Å². The van der Waals surface area contributed by atoms with Crippen LogP contribution in [-0.4, -0.2) is 49.8 Å². The minimum absolute atomic E-state index is 0.0566. The molecule has 2 heterocycles. The maximum atomic E-state index is 13.6. The number of methoxy groups -OCH3 is 2. The average molecular weight is 519 g/mol. The molecule has 0 radical (unpaired) electrons. The van der Waals surface area contributed by atoms with Crippen LogP contribution in [0.2, 0.25) is 0 Å². The second kappa shape index (κ2) is 11.8. The standard InChI is InChI=1S/C30H35FN4O3/c1-37-28-18-21-12-15-35(27(24(21)19-29(28)38-2)17-20-7-9-22(31)10-8-20)16-14-33-30(36)34-26-11-13-32-25-6-4-3-5-23(25)26/h7-11,13,18-19,27H,3-6,12,14-17H2,1-2H3,(H2,32,33,34,36). The molecule has 2 N–H and O–H groups in total. The second-order valence-electron chi connectivity index (χ2n) is 9.91. The number of ether oxygens (including phenoxy) is 2. The van der Waals surface area contributed by atoms with Crippen molar-refractivity contribution < 1.29 is 18.7 Å². The molecule has 200 valence electrons. The van der Waals surface area contributed by atoms with E-state index in [-0.39, 0.29) is 17.9 Å². The fraction of sp³-hybridized carbons (Fsp3) is 0.400. The summed E-state index contributed by atoms with van der Waals surface area (Å²) in [4.78, 5) is 19.6. The Morgan fingerprint density at radius 3 is 2.61 bits per heavy atom. The predicted octanol–water partition coefficient (Wildman–Crippen LogP) is 5.08. The van der Waals surface area contributed by atoms with Crippen LogP contribution in [0.3, 0.4) is 0 Å². The molecule has 1 aliphatic heterocycles. The molecule has 38 heavy (non-hydrogen) atoms. The number of hydrogen-bond acceptors (Lipinski definition) is 5. The van der Waals surface area contributed by atoms with Gasteiger partial charge in [-0.3, -0.25) is 9.88 Å². The molecule has 7 nitrogen and oxygen atoms in total. The molecule has 2 aliphatic rings. The maximum Gasteiger partial charge on any atom is 0.319 e. The number of carbonyl (C=O) groups excluding carboxylic acids is 1. The minimum Gasteiger partial charge on any atom is -0.493 e. The topological polar surface area (TPSA) is 75.7 Å². The van der Waals surface area contributed by atoms with Gasteiger partial charge in [-0.25, -0.2) is 9.18 Å². The Morgan fingerprint density at radius 2 is 1.82 bits per heavy atom. The highest BCUT2D eigenvalue weighted by Gasteiger charge is 2.29. The Hall–Kier alpha value is -3.65. The van der Waals surface area contributed by atoms with E-state index >= 15 is 0 Å². The lowest BCUT2D eigenvalue weighted by Crippen LogP contribution is -2.42. The van der Waals surface area contributed by atoms with Gasteiger partial charge >= 0.3 is 6.03 Å². The van der Waals surface area contributed by atoms with E-state index in [2.05, 4.69) is 32.7 Å². The average Bonchev–Trinajstić information content (AvgIpc) is 2.94. The van der Waals surface area contributed by atoms with Gasteiger partial charge in [0, 0.05) is 43.3 Å². The normalized spacial score (nSPS) is 16.8. The smallest absolute Gasteiger partial charge is 0.319 e. The summed E-state index contributed by atoms with van der Waals surface area (Å²) in [6.07, 6.45) is 7.54. The molecule has 2 amide bonds. The van der Waals surface area contributed by atoms with Crippen molar-refractivity contribution in [1.29, 1.82) is 0 Å². The molecular weight excluding hydrogens is 483 g/mol. The van der Waals surface area contributed by atoms with Gasteiger partial charge in [-0.05, 0) is 91.1 Å². The van der Waals surface area contributed by atoms with Gasteiger partial charge in [0.15, 0.2) is 11.5 Å². The third-order valence-corrected chi connectivity index (χ3v) is 7.62. The summed E-state index contributed by atoms with van der Waals surface area (Å²) in [6, 6.07) is 12.5. The number of aromatic nitrogens is 1. The summed E-state index contributed by atoms with van der Waals surface area (Å²) < 4.78 is 24.7. The quantitative estimate of drug-likeness (QED) is 0.435. The third kappa shape index (κ3) is 5.75. The van der Waals surface area contributed by atoms with Gasteiger partial charge in [0.1, 0.15) is 5.82 Å². The van der Waals surface area contributed by atoms with Gasteiger partial charge in [0.05, 0.1) is 14.2 Å². The Morgan fingerprint density at radius 1 is 1.05 bits per heavy atom. The van der Waals surface area contributed by atoms with Crippen molar-refractivity contribution in [2.24, 2.45) is 0 Å². The number of nitrogens with zero attached hydrogens (tertiary/aromatic N) is 2. The first kappa shape index (κ1) is 26.0. The lowest BCUT2D eigenvalue weighted by Gasteiger charge is -2.38. The number of hydrogen-bond donors (Lipinski definition) is 2. The summed E-state index contributed by atoms with van der Waals surface area (Å²) in [7, 11) is 3.29. The van der Waals surface area contributed by atoms with Crippen LogP contribution in [0.4, 0.5) is 14.9 Å². The zero-order valence-corrected chi connectivity index (χ0v) is 22.1. The van der Waals surface area contributed by atoms with Gasteiger partial charge in [0.25, 0.3) is 0 Å². The Balaban J connectivity index is 1.29. The zero-order chi connectivity index (χ0) is 26.5. The van der Waals surface area contributed by atoms with Crippen LogP contribution in [0.5, 0.6) is 11.5 Å². The summed E-state index contributed by atoms with van der Waals surface area (Å²) >= 11 is 0. The van der Waals surface area contributed by atoms with Crippen molar-refractivity contribution in [3.05, 3.63) is 82.4 Å². The maximum absolute atomic E-state index is 13.6. The first-order chi connectivity index (χ1) is 18.6. The predicted molar refractivity (Wildman–Crippen MR) is 146 cm³/mol. The van der Waals surface area contributed by atoms with E-state index in [1.54, 1.807) is 20.4 Å². The number of amides is 2. The van der Waals surface area contributed by atoms with Crippen molar-refractivity contribution in [2.45, 2.75) is 44.6 Å². The van der Waals surface area contributed by atoms with E-state index in [9.17, 15) is 9.18 Å². The fourth-order valence-electron chi connectivity index (χ4n) is 5.65. The second-order valence-corrected chi connectivity index (χ2v) is 9.91. The summed E-state index contributed by atoms with van der Waals surface area (Å²) in [5.41, 5.74) is 6.55. The van der Waals surface area contributed by atoms with Crippen molar-refractivity contribution in [2.75, 3.05) is 39.2 Å². The van der Waals surface area contributed by atoms with Gasteiger partial charge in [-0.15, -0.1) is 0 Å². The Kier molecular flexibility index (Phi) is 8.08. The highest BCUT2D eigenvalue weighted by molar-refractivity contribution is 5.90. The molecule has 1 atom stereocenters. The molecule has 1 aromatic heterocycles. The molecule has 0 spiro atoms. The van der Waals surface area contributed by atoms with Gasteiger partial charge in [-0.1, -0.05) is 12.1 Å². The van der Waals surface area contributed by atoms with E-state index in [1.807, 2.05) is 18.2 Å². The number of nitrogens with one attached hydrogen (secondary N) is 2. The summed E-state index contributed by atoms with van der Waals surface area (Å²) in [6.45, 7) is 2.03. The zero-order valence-electron chi connectivity index (χ0n) is 22.1. The number of anilines is 1. The number of aryl methyl sites for hydroxylation is 1. The van der Waals surface area contributed by atoms with Crippen molar-refractivity contribution in [3.63, 3.8) is 0 Å². The molecule has 1 aliphatic carbocycles. The number of benzene rings is 2. The van der Waals surface area contributed by atoms with Gasteiger partial charge in [-0.2, -0.15) is 0 Å². The number of urea groups is 1. The lowest BCUT2D eigenvalue weighted by molar-refractivity contribution is 0.183. The molecule has 3 aromatic rings. The molecule has 5 rings (SSSR count). The van der Waals surface area contributed by atoms with E-state index in [0.29, 0.717) is 18.8 Å². The highest BCUT2D eigenvalue weighted by Crippen LogP contribution is 2.39. The summed E-state index contributed by atoms with van der Waals surface area (Å²) in [5.74, 6) is 1.17. The largest absolute Gasteiger partial charge is 0.493 e. The number of halogens is 1. The van der Waals surface area contributed by atoms with Crippen molar-refractivity contribution in [1.82, 2.24) is 15.2 Å². The number of pyridine rings is 1. The van der Waals surface area contributed by atoms with Crippen LogP contribution in [0.25, 0.3) is 0 Å². The molecule has 1 unspecified atom stereocenters. The van der Waals surface area contributed by atoms with Crippen molar-refractivity contribution >= 4 is 11.7 Å². The van der Waals surface area contributed by atoms with Crippen molar-refractivity contribution in [3.8, 4) is 11.5 Å². The monoisotopic (exact) mass is 518 g/mol. The highest BCUT2D eigenvalue weighted by atomic mass is 19.1. The van der Waals surface area contributed by atoms with Crippen LogP contribution < -0.4 is 20.1 Å². The third-order valence-electron chi connectivity index (χ3n) is 7.62. The molecule has 0 saturated heterocycles. The molecule has 0 saturated carbocycles. The molecular formula is C30H35FN4O3. The fourth-order valence-corrected chi connectivity index (χ4v) is 5.65. The Labute approximate surface area is 223 Å². The first-order valence-corrected chi connectivity index (χ1v) is 13.3. The van der Waals surface area contributed by atoms with Crippen LogP contribution in [0, 0.1) is 5.82 Å². The van der Waals surface area contributed by atoms with E-state index in [0.717, 1.165) is 73.3 Å². The van der Waals surface area contributed by atoms with Crippen LogP contribution in [0.1, 0.15) is 46.8 Å². The SMILES string of the molecule is COc1cc2c(cc1OC)C(Cc1ccc(F)cc1)N(CCNC(=O)Nc1ccnc3c1CCCC3)CC2. The van der Waals surface area contributed by atoms with E-state index < -0.39 is 0 Å². The summed E-state index contributed by atoms with van der Waals surface area (Å²) in [5, 5.41) is 6.07. The molecule has 0 fully saturated rings. The first-order valence-electron chi connectivity index (χ1n) is 13.3.